The quantitative estimate of drug-likeness (QED) is 0.597. The van der Waals surface area contributed by atoms with Crippen LogP contribution >= 0.6 is 0 Å². The van der Waals surface area contributed by atoms with Gasteiger partial charge in [-0.05, 0) is 25.2 Å². The lowest BCUT2D eigenvalue weighted by atomic mass is 9.86. The largest absolute Gasteiger partial charge is 0.480 e. The summed E-state index contributed by atoms with van der Waals surface area (Å²) < 4.78 is 5.32. The van der Waals surface area contributed by atoms with Crippen molar-refractivity contribution in [1.29, 1.82) is 0 Å². The highest BCUT2D eigenvalue weighted by molar-refractivity contribution is 5.72. The van der Waals surface area contributed by atoms with Crippen LogP contribution in [0, 0.1) is 5.92 Å². The zero-order chi connectivity index (χ0) is 9.68. The molecule has 1 saturated carbocycles. The molecule has 4 heteroatoms. The van der Waals surface area contributed by atoms with Gasteiger partial charge in [0.05, 0.1) is 0 Å². The van der Waals surface area contributed by atoms with Crippen molar-refractivity contribution in [3.8, 4) is 0 Å². The van der Waals surface area contributed by atoms with E-state index in [0.717, 1.165) is 6.61 Å². The molecule has 0 spiro atoms. The number of carboxylic acids is 1. The van der Waals surface area contributed by atoms with Crippen LogP contribution in [0.3, 0.4) is 0 Å². The van der Waals surface area contributed by atoms with Crippen LogP contribution in [0.1, 0.15) is 25.7 Å². The first-order valence-electron chi connectivity index (χ1n) is 4.76. The van der Waals surface area contributed by atoms with Crippen molar-refractivity contribution >= 4 is 5.97 Å². The summed E-state index contributed by atoms with van der Waals surface area (Å²) in [4.78, 5) is 10.3. The predicted molar refractivity (Wildman–Crippen MR) is 48.4 cm³/mol. The molecule has 0 aromatic rings. The fourth-order valence-corrected chi connectivity index (χ4v) is 1.24. The summed E-state index contributed by atoms with van der Waals surface area (Å²) in [7, 11) is 0. The Labute approximate surface area is 78.1 Å². The van der Waals surface area contributed by atoms with Crippen LogP contribution in [-0.2, 0) is 9.53 Å². The molecule has 0 bridgehead atoms. The molecule has 0 unspecified atom stereocenters. The Bertz CT molecular complexity index is 168. The number of carboxylic acid groups (broad SMARTS) is 1. The van der Waals surface area contributed by atoms with Gasteiger partial charge in [-0.1, -0.05) is 6.42 Å². The summed E-state index contributed by atoms with van der Waals surface area (Å²) in [5, 5.41) is 8.47. The Balaban J connectivity index is 1.90. The van der Waals surface area contributed by atoms with Gasteiger partial charge in [0.2, 0.25) is 0 Å². The molecule has 0 heterocycles. The molecule has 1 rings (SSSR count). The van der Waals surface area contributed by atoms with Crippen molar-refractivity contribution in [2.45, 2.75) is 31.7 Å². The maximum absolute atomic E-state index is 10.3. The number of hydrogen-bond donors (Lipinski definition) is 2. The van der Waals surface area contributed by atoms with E-state index in [0.29, 0.717) is 18.9 Å². The molecular weight excluding hydrogens is 170 g/mol. The number of carbonyl (C=O) groups is 1. The van der Waals surface area contributed by atoms with E-state index in [1.807, 2.05) is 0 Å². The first kappa shape index (κ1) is 10.5. The topological polar surface area (TPSA) is 72.5 Å². The van der Waals surface area contributed by atoms with E-state index >= 15 is 0 Å². The van der Waals surface area contributed by atoms with Gasteiger partial charge < -0.3 is 15.6 Å². The van der Waals surface area contributed by atoms with Crippen LogP contribution in [0.5, 0.6) is 0 Å². The predicted octanol–water partition coefficient (Wildman–Crippen LogP) is 0.605. The molecule has 0 aromatic heterocycles. The number of hydrogen-bond acceptors (Lipinski definition) is 3. The number of aliphatic carboxylic acids is 1. The van der Waals surface area contributed by atoms with Crippen LogP contribution in [0.25, 0.3) is 0 Å². The van der Waals surface area contributed by atoms with Crippen molar-refractivity contribution in [2.75, 3.05) is 13.2 Å². The number of rotatable bonds is 6. The average molecular weight is 187 g/mol. The minimum atomic E-state index is -0.952. The van der Waals surface area contributed by atoms with Gasteiger partial charge in [-0.3, -0.25) is 4.79 Å². The second-order valence-corrected chi connectivity index (χ2v) is 3.61. The number of ether oxygens (including phenoxy) is 1. The summed E-state index contributed by atoms with van der Waals surface area (Å²) in [6.07, 6.45) is 4.22. The minimum absolute atomic E-state index is 0.405. The Kier molecular flexibility index (Phi) is 4.18. The SMILES string of the molecule is N[C@@H](CCOCC1CCC1)C(=O)O. The van der Waals surface area contributed by atoms with E-state index in [1.165, 1.54) is 19.3 Å². The molecule has 1 fully saturated rings. The van der Waals surface area contributed by atoms with E-state index in [-0.39, 0.29) is 0 Å². The normalized spacial score (nSPS) is 19.5. The van der Waals surface area contributed by atoms with Crippen LogP contribution in [-0.4, -0.2) is 30.3 Å². The van der Waals surface area contributed by atoms with Crippen molar-refractivity contribution in [3.05, 3.63) is 0 Å². The summed E-state index contributed by atoms with van der Waals surface area (Å²) in [6.45, 7) is 1.23. The molecule has 0 aliphatic heterocycles. The first-order valence-corrected chi connectivity index (χ1v) is 4.76. The van der Waals surface area contributed by atoms with Crippen molar-refractivity contribution in [2.24, 2.45) is 11.7 Å². The fraction of sp³-hybridized carbons (Fsp3) is 0.889. The van der Waals surface area contributed by atoms with E-state index in [1.54, 1.807) is 0 Å². The van der Waals surface area contributed by atoms with E-state index in [2.05, 4.69) is 0 Å². The van der Waals surface area contributed by atoms with Crippen molar-refractivity contribution < 1.29 is 14.6 Å². The highest BCUT2D eigenvalue weighted by Gasteiger charge is 2.17. The molecule has 1 atom stereocenters. The summed E-state index contributed by atoms with van der Waals surface area (Å²) in [6, 6.07) is -0.776. The second-order valence-electron chi connectivity index (χ2n) is 3.61. The third kappa shape index (κ3) is 3.74. The van der Waals surface area contributed by atoms with Crippen molar-refractivity contribution in [3.63, 3.8) is 0 Å². The molecule has 13 heavy (non-hydrogen) atoms. The maximum atomic E-state index is 10.3. The Morgan fingerprint density at radius 3 is 2.77 bits per heavy atom. The molecule has 0 aromatic carbocycles. The highest BCUT2D eigenvalue weighted by atomic mass is 16.5. The minimum Gasteiger partial charge on any atom is -0.480 e. The molecule has 3 N–H and O–H groups in total. The Hall–Kier alpha value is -0.610. The molecule has 0 amide bonds. The van der Waals surface area contributed by atoms with E-state index < -0.39 is 12.0 Å². The fourth-order valence-electron chi connectivity index (χ4n) is 1.24. The van der Waals surface area contributed by atoms with Gasteiger partial charge in [0.25, 0.3) is 0 Å². The molecule has 76 valence electrons. The molecule has 1 aliphatic rings. The van der Waals surface area contributed by atoms with Crippen molar-refractivity contribution in [1.82, 2.24) is 0 Å². The smallest absolute Gasteiger partial charge is 0.320 e. The third-order valence-corrected chi connectivity index (χ3v) is 2.47. The zero-order valence-electron chi connectivity index (χ0n) is 7.74. The van der Waals surface area contributed by atoms with E-state index in [4.69, 9.17) is 15.6 Å². The van der Waals surface area contributed by atoms with Crippen LogP contribution in [0.15, 0.2) is 0 Å². The third-order valence-electron chi connectivity index (χ3n) is 2.47. The second kappa shape index (κ2) is 5.19. The number of nitrogens with two attached hydrogens (primary N) is 1. The van der Waals surface area contributed by atoms with Gasteiger partial charge in [-0.2, -0.15) is 0 Å². The molecule has 0 radical (unpaired) electrons. The summed E-state index contributed by atoms with van der Waals surface area (Å²) >= 11 is 0. The monoisotopic (exact) mass is 187 g/mol. The maximum Gasteiger partial charge on any atom is 0.320 e. The average Bonchev–Trinajstić information content (AvgIpc) is 2.00. The molecular formula is C9H17NO3. The first-order chi connectivity index (χ1) is 6.20. The molecule has 1 aliphatic carbocycles. The lowest BCUT2D eigenvalue weighted by Crippen LogP contribution is -2.31. The standard InChI is InChI=1S/C9H17NO3/c10-8(9(11)12)4-5-13-6-7-2-1-3-7/h7-8H,1-6,10H2,(H,11,12)/t8-/m0/s1. The van der Waals surface area contributed by atoms with Gasteiger partial charge in [0.15, 0.2) is 0 Å². The Morgan fingerprint density at radius 1 is 1.62 bits per heavy atom. The van der Waals surface area contributed by atoms with Gasteiger partial charge in [0.1, 0.15) is 6.04 Å². The van der Waals surface area contributed by atoms with Gasteiger partial charge in [-0.25, -0.2) is 0 Å². The van der Waals surface area contributed by atoms with Crippen LogP contribution in [0.2, 0.25) is 0 Å². The zero-order valence-corrected chi connectivity index (χ0v) is 7.74. The lowest BCUT2D eigenvalue weighted by molar-refractivity contribution is -0.139. The molecule has 4 nitrogen and oxygen atoms in total. The summed E-state index contributed by atoms with van der Waals surface area (Å²) in [5.41, 5.74) is 5.30. The van der Waals surface area contributed by atoms with Crippen LogP contribution in [0.4, 0.5) is 0 Å². The van der Waals surface area contributed by atoms with Gasteiger partial charge in [-0.15, -0.1) is 0 Å². The highest BCUT2D eigenvalue weighted by Crippen LogP contribution is 2.26. The van der Waals surface area contributed by atoms with Gasteiger partial charge >= 0.3 is 5.97 Å². The van der Waals surface area contributed by atoms with Gasteiger partial charge in [0, 0.05) is 13.2 Å². The van der Waals surface area contributed by atoms with E-state index in [9.17, 15) is 4.79 Å². The van der Waals surface area contributed by atoms with Crippen LogP contribution < -0.4 is 5.73 Å². The molecule has 0 saturated heterocycles. The lowest BCUT2D eigenvalue weighted by Gasteiger charge is -2.24. The summed E-state index contributed by atoms with van der Waals surface area (Å²) in [5.74, 6) is -0.242. The Morgan fingerprint density at radius 2 is 2.31 bits per heavy atom.